The van der Waals surface area contributed by atoms with Gasteiger partial charge < -0.3 is 14.8 Å². The maximum absolute atomic E-state index is 13.3. The Morgan fingerprint density at radius 3 is 2.57 bits per heavy atom. The molecule has 2 aliphatic rings. The molecule has 1 aromatic heterocycles. The molecule has 4 rings (SSSR count). The number of pyridine rings is 1. The Balaban J connectivity index is 1.67. The number of nitrogens with one attached hydrogen (secondary N) is 1. The molecule has 0 saturated heterocycles. The molecule has 1 saturated carbocycles. The van der Waals surface area contributed by atoms with Gasteiger partial charge in [0.25, 0.3) is 11.5 Å². The van der Waals surface area contributed by atoms with E-state index in [9.17, 15) is 14.4 Å². The van der Waals surface area contributed by atoms with E-state index in [0.717, 1.165) is 29.5 Å². The van der Waals surface area contributed by atoms with Crippen LogP contribution in [0.25, 0.3) is 0 Å². The number of aromatic nitrogens is 1. The predicted octanol–water partition coefficient (Wildman–Crippen LogP) is 2.52. The fourth-order valence-electron chi connectivity index (χ4n) is 4.04. The topological polar surface area (TPSA) is 71.4 Å². The zero-order valence-corrected chi connectivity index (χ0v) is 17.7. The van der Waals surface area contributed by atoms with Crippen molar-refractivity contribution in [1.29, 1.82) is 0 Å². The van der Waals surface area contributed by atoms with Crippen LogP contribution in [-0.2, 0) is 30.7 Å². The zero-order valence-electron chi connectivity index (χ0n) is 17.7. The first kappa shape index (κ1) is 20.4. The minimum atomic E-state index is -0.267. The summed E-state index contributed by atoms with van der Waals surface area (Å²) in [4.78, 5) is 40.5. The van der Waals surface area contributed by atoms with E-state index in [1.54, 1.807) is 4.57 Å². The molecule has 1 aliphatic heterocycles. The van der Waals surface area contributed by atoms with Gasteiger partial charge in [-0.25, -0.2) is 0 Å². The van der Waals surface area contributed by atoms with E-state index in [0.29, 0.717) is 32.5 Å². The summed E-state index contributed by atoms with van der Waals surface area (Å²) < 4.78 is 1.65. The Hall–Kier alpha value is -2.89. The van der Waals surface area contributed by atoms with Crippen LogP contribution >= 0.6 is 0 Å². The first-order valence-electron chi connectivity index (χ1n) is 10.8. The molecule has 0 atom stereocenters. The van der Waals surface area contributed by atoms with Crippen LogP contribution in [0.3, 0.4) is 0 Å². The molecule has 1 aromatic carbocycles. The van der Waals surface area contributed by atoms with Gasteiger partial charge in [0.2, 0.25) is 5.91 Å². The predicted molar refractivity (Wildman–Crippen MR) is 115 cm³/mol. The molecule has 0 bridgehead atoms. The minimum absolute atomic E-state index is 0.0758. The summed E-state index contributed by atoms with van der Waals surface area (Å²) in [7, 11) is 0. The van der Waals surface area contributed by atoms with Crippen molar-refractivity contribution in [3.05, 3.63) is 69.1 Å². The molecule has 0 unspecified atom stereocenters. The highest BCUT2D eigenvalue weighted by Crippen LogP contribution is 2.24. The third-order valence-corrected chi connectivity index (χ3v) is 5.90. The normalized spacial score (nSPS) is 15.8. The van der Waals surface area contributed by atoms with Gasteiger partial charge in [-0.1, -0.05) is 44.2 Å². The van der Waals surface area contributed by atoms with Crippen molar-refractivity contribution < 1.29 is 9.59 Å². The van der Waals surface area contributed by atoms with Crippen LogP contribution in [0.2, 0.25) is 0 Å². The van der Waals surface area contributed by atoms with Crippen molar-refractivity contribution in [1.82, 2.24) is 14.8 Å². The van der Waals surface area contributed by atoms with E-state index in [4.69, 9.17) is 0 Å². The van der Waals surface area contributed by atoms with Crippen LogP contribution in [0.5, 0.6) is 0 Å². The molecule has 0 spiro atoms. The summed E-state index contributed by atoms with van der Waals surface area (Å²) in [6.07, 6.45) is 5.04. The average molecular weight is 408 g/mol. The van der Waals surface area contributed by atoms with Gasteiger partial charge >= 0.3 is 0 Å². The smallest absolute Gasteiger partial charge is 0.263 e. The fourth-order valence-corrected chi connectivity index (χ4v) is 4.04. The van der Waals surface area contributed by atoms with Crippen LogP contribution in [0.15, 0.2) is 41.3 Å². The number of benzene rings is 1. The quantitative estimate of drug-likeness (QED) is 0.800. The third-order valence-electron chi connectivity index (χ3n) is 5.90. The maximum Gasteiger partial charge on any atom is 0.263 e. The Morgan fingerprint density at radius 2 is 1.90 bits per heavy atom. The molecule has 6 nitrogen and oxygen atoms in total. The van der Waals surface area contributed by atoms with Crippen molar-refractivity contribution in [2.75, 3.05) is 6.54 Å². The number of hydrogen-bond acceptors (Lipinski definition) is 3. The Kier molecular flexibility index (Phi) is 5.75. The van der Waals surface area contributed by atoms with E-state index >= 15 is 0 Å². The lowest BCUT2D eigenvalue weighted by atomic mass is 9.95. The number of amides is 2. The molecule has 6 heteroatoms. The molecule has 1 aliphatic carbocycles. The second kappa shape index (κ2) is 8.46. The number of nitrogens with zero attached hydrogens (tertiary/aromatic N) is 2. The molecule has 1 fully saturated rings. The number of carbonyl (C=O) groups excluding carboxylic acids is 2. The van der Waals surface area contributed by atoms with Gasteiger partial charge in [-0.3, -0.25) is 14.4 Å². The molecule has 158 valence electrons. The minimum Gasteiger partial charge on any atom is -0.349 e. The second-order valence-corrected chi connectivity index (χ2v) is 8.65. The highest BCUT2D eigenvalue weighted by molar-refractivity contribution is 5.96. The number of fused-ring (bicyclic) bond motifs is 1. The molecule has 2 aromatic rings. The summed E-state index contributed by atoms with van der Waals surface area (Å²) in [6, 6.07) is 10.2. The van der Waals surface area contributed by atoms with Crippen molar-refractivity contribution >= 4 is 11.8 Å². The van der Waals surface area contributed by atoms with Gasteiger partial charge in [0.1, 0.15) is 5.56 Å². The third kappa shape index (κ3) is 4.32. The van der Waals surface area contributed by atoms with Crippen LogP contribution in [0.1, 0.15) is 53.7 Å². The number of hydrogen-bond donors (Lipinski definition) is 1. The van der Waals surface area contributed by atoms with Crippen molar-refractivity contribution in [2.24, 2.45) is 5.92 Å². The Bertz CT molecular complexity index is 1010. The average Bonchev–Trinajstić information content (AvgIpc) is 3.56. The van der Waals surface area contributed by atoms with Crippen molar-refractivity contribution in [3.8, 4) is 0 Å². The van der Waals surface area contributed by atoms with E-state index in [2.05, 4.69) is 5.32 Å². The molecule has 2 amide bonds. The standard InChI is InChI=1S/C24H29N3O3/c1-16(2)23(29)26-13-11-20-18(14-26)15-27(12-10-17-6-4-3-5-7-17)24(30)21(20)22(28)25-19-8-9-19/h3-7,15-16,19H,8-14H2,1-2H3,(H,25,28). The van der Waals surface area contributed by atoms with Gasteiger partial charge in [0.15, 0.2) is 0 Å². The fraction of sp³-hybridized carbons (Fsp3) is 0.458. The second-order valence-electron chi connectivity index (χ2n) is 8.65. The van der Waals surface area contributed by atoms with Gasteiger partial charge in [0, 0.05) is 37.8 Å². The summed E-state index contributed by atoms with van der Waals surface area (Å²) in [5.41, 5.74) is 2.89. The largest absolute Gasteiger partial charge is 0.349 e. The zero-order chi connectivity index (χ0) is 21.3. The number of rotatable bonds is 6. The van der Waals surface area contributed by atoms with Gasteiger partial charge in [-0.05, 0) is 42.4 Å². The molecule has 2 heterocycles. The van der Waals surface area contributed by atoms with Gasteiger partial charge in [-0.2, -0.15) is 0 Å². The first-order valence-corrected chi connectivity index (χ1v) is 10.8. The van der Waals surface area contributed by atoms with Crippen LogP contribution in [-0.4, -0.2) is 33.9 Å². The van der Waals surface area contributed by atoms with E-state index in [-0.39, 0.29) is 34.9 Å². The first-order chi connectivity index (χ1) is 14.4. The van der Waals surface area contributed by atoms with Crippen LogP contribution in [0, 0.1) is 5.92 Å². The summed E-state index contributed by atoms with van der Waals surface area (Å²) >= 11 is 0. The summed E-state index contributed by atoms with van der Waals surface area (Å²) in [6.45, 7) is 5.28. The van der Waals surface area contributed by atoms with Gasteiger partial charge in [0.05, 0.1) is 0 Å². The van der Waals surface area contributed by atoms with E-state index in [1.165, 1.54) is 0 Å². The SMILES string of the molecule is CC(C)C(=O)N1CCc2c(cn(CCc3ccccc3)c(=O)c2C(=O)NC2CC2)C1. The maximum atomic E-state index is 13.3. The molecule has 30 heavy (non-hydrogen) atoms. The Morgan fingerprint density at radius 1 is 1.17 bits per heavy atom. The van der Waals surface area contributed by atoms with Crippen molar-refractivity contribution in [3.63, 3.8) is 0 Å². The van der Waals surface area contributed by atoms with E-state index in [1.807, 2.05) is 55.3 Å². The number of carbonyl (C=O) groups is 2. The van der Waals surface area contributed by atoms with Crippen molar-refractivity contribution in [2.45, 2.75) is 58.7 Å². The summed E-state index contributed by atoms with van der Waals surface area (Å²) in [5, 5.41) is 2.98. The Labute approximate surface area is 176 Å². The lowest BCUT2D eigenvalue weighted by Crippen LogP contribution is -2.42. The lowest BCUT2D eigenvalue weighted by Gasteiger charge is -2.31. The molecule has 0 radical (unpaired) electrons. The lowest BCUT2D eigenvalue weighted by molar-refractivity contribution is -0.135. The van der Waals surface area contributed by atoms with Gasteiger partial charge in [-0.15, -0.1) is 0 Å². The van der Waals surface area contributed by atoms with Crippen LogP contribution < -0.4 is 10.9 Å². The van der Waals surface area contributed by atoms with E-state index < -0.39 is 0 Å². The van der Waals surface area contributed by atoms with Crippen LogP contribution in [0.4, 0.5) is 0 Å². The highest BCUT2D eigenvalue weighted by atomic mass is 16.2. The number of aryl methyl sites for hydroxylation is 2. The molecule has 1 N–H and O–H groups in total. The monoisotopic (exact) mass is 407 g/mol. The highest BCUT2D eigenvalue weighted by Gasteiger charge is 2.31. The molecular formula is C24H29N3O3. The molecular weight excluding hydrogens is 378 g/mol. The summed E-state index contributed by atoms with van der Waals surface area (Å²) in [5.74, 6) is -0.240.